The maximum atomic E-state index is 5.97. The van der Waals surface area contributed by atoms with Gasteiger partial charge in [0.2, 0.25) is 0 Å². The van der Waals surface area contributed by atoms with Crippen molar-refractivity contribution in [3.05, 3.63) is 87.7 Å². The molecule has 0 saturated heterocycles. The number of aromatic nitrogens is 2. The van der Waals surface area contributed by atoms with Crippen LogP contribution in [0.3, 0.4) is 0 Å². The molecule has 0 saturated carbocycles. The highest BCUT2D eigenvalue weighted by atomic mass is 79.9. The molecule has 136 valence electrons. The standard InChI is InChI=1S/C20H16BrClN4S/c1-20(13-5-7-14(21)8-6-13)19(27-17-10-9-15(22)12-24-17)25-18(26-20)16-4-2-3-11-23-16/h2-12,19H,1H3,(H,25,26). The minimum absolute atomic E-state index is 0.107. The van der Waals surface area contributed by atoms with Gasteiger partial charge >= 0.3 is 0 Å². The van der Waals surface area contributed by atoms with E-state index in [1.807, 2.05) is 42.5 Å². The molecule has 4 nitrogen and oxygen atoms in total. The summed E-state index contributed by atoms with van der Waals surface area (Å²) in [6.45, 7) is 2.16. The molecule has 7 heteroatoms. The lowest BCUT2D eigenvalue weighted by Gasteiger charge is -2.31. The first-order chi connectivity index (χ1) is 13.0. The normalized spacial score (nSPS) is 21.6. The van der Waals surface area contributed by atoms with Crippen LogP contribution in [0.1, 0.15) is 18.2 Å². The Labute approximate surface area is 175 Å². The van der Waals surface area contributed by atoms with E-state index in [2.05, 4.69) is 50.3 Å². The van der Waals surface area contributed by atoms with E-state index in [1.165, 1.54) is 0 Å². The summed E-state index contributed by atoms with van der Waals surface area (Å²) in [6, 6.07) is 17.9. The zero-order chi connectivity index (χ0) is 18.9. The smallest absolute Gasteiger partial charge is 0.149 e. The minimum Gasteiger partial charge on any atom is -0.356 e. The van der Waals surface area contributed by atoms with Gasteiger partial charge in [-0.1, -0.05) is 57.5 Å². The number of nitrogens with zero attached hydrogens (tertiary/aromatic N) is 3. The van der Waals surface area contributed by atoms with Gasteiger partial charge in [0.15, 0.2) is 0 Å². The van der Waals surface area contributed by atoms with E-state index in [0.29, 0.717) is 5.02 Å². The maximum Gasteiger partial charge on any atom is 0.149 e. The number of thioether (sulfide) groups is 1. The van der Waals surface area contributed by atoms with Gasteiger partial charge in [0.1, 0.15) is 16.9 Å². The van der Waals surface area contributed by atoms with Crippen molar-refractivity contribution in [2.75, 3.05) is 0 Å². The molecule has 0 aliphatic carbocycles. The molecule has 3 heterocycles. The van der Waals surface area contributed by atoms with Crippen molar-refractivity contribution < 1.29 is 0 Å². The van der Waals surface area contributed by atoms with Gasteiger partial charge in [-0.05, 0) is 48.9 Å². The summed E-state index contributed by atoms with van der Waals surface area (Å²) >= 11 is 11.1. The molecular weight excluding hydrogens is 444 g/mol. The van der Waals surface area contributed by atoms with Gasteiger partial charge in [0, 0.05) is 16.9 Å². The van der Waals surface area contributed by atoms with Crippen molar-refractivity contribution in [2.45, 2.75) is 22.9 Å². The summed E-state index contributed by atoms with van der Waals surface area (Å²) in [5.41, 5.74) is 1.57. The number of halogens is 2. The van der Waals surface area contributed by atoms with E-state index in [9.17, 15) is 0 Å². The van der Waals surface area contributed by atoms with Crippen LogP contribution in [0.15, 0.2) is 81.5 Å². The number of aliphatic imine (C=N–C) groups is 1. The highest BCUT2D eigenvalue weighted by Crippen LogP contribution is 2.41. The zero-order valence-corrected chi connectivity index (χ0v) is 17.6. The molecule has 2 unspecified atom stereocenters. The molecule has 1 N–H and O–H groups in total. The molecule has 0 radical (unpaired) electrons. The Bertz CT molecular complexity index is 964. The van der Waals surface area contributed by atoms with Crippen LogP contribution >= 0.6 is 39.3 Å². The second-order valence-electron chi connectivity index (χ2n) is 6.31. The molecule has 1 aromatic carbocycles. The fourth-order valence-corrected chi connectivity index (χ4v) is 4.37. The van der Waals surface area contributed by atoms with Crippen molar-refractivity contribution in [2.24, 2.45) is 4.99 Å². The Balaban J connectivity index is 1.72. The monoisotopic (exact) mass is 458 g/mol. The third kappa shape index (κ3) is 3.88. The van der Waals surface area contributed by atoms with Gasteiger partial charge in [-0.25, -0.2) is 9.98 Å². The molecule has 0 fully saturated rings. The van der Waals surface area contributed by atoms with Gasteiger partial charge < -0.3 is 5.32 Å². The summed E-state index contributed by atoms with van der Waals surface area (Å²) in [5, 5.41) is 4.99. The van der Waals surface area contributed by atoms with Gasteiger partial charge in [0.25, 0.3) is 0 Å². The Morgan fingerprint density at radius 2 is 1.89 bits per heavy atom. The largest absolute Gasteiger partial charge is 0.356 e. The molecule has 1 aliphatic rings. The lowest BCUT2D eigenvalue weighted by atomic mass is 9.92. The Kier molecular flexibility index (Phi) is 5.21. The topological polar surface area (TPSA) is 50.2 Å². The highest BCUT2D eigenvalue weighted by molar-refractivity contribution is 9.10. The number of hydrogen-bond acceptors (Lipinski definition) is 5. The summed E-state index contributed by atoms with van der Waals surface area (Å²) in [7, 11) is 0. The Morgan fingerprint density at radius 1 is 1.07 bits per heavy atom. The van der Waals surface area contributed by atoms with Crippen LogP contribution in [0.2, 0.25) is 5.02 Å². The molecule has 3 aromatic rings. The summed E-state index contributed by atoms with van der Waals surface area (Å²) < 4.78 is 1.04. The second kappa shape index (κ2) is 7.62. The van der Waals surface area contributed by atoms with Crippen LogP contribution in [0.5, 0.6) is 0 Å². The number of rotatable bonds is 4. The fraction of sp³-hybridized carbons (Fsp3) is 0.150. The van der Waals surface area contributed by atoms with Crippen LogP contribution in [-0.2, 0) is 5.54 Å². The molecule has 2 atom stereocenters. The first kappa shape index (κ1) is 18.5. The minimum atomic E-state index is -0.403. The molecule has 1 aliphatic heterocycles. The summed E-state index contributed by atoms with van der Waals surface area (Å²) in [5.74, 6) is 0.785. The van der Waals surface area contributed by atoms with E-state index >= 15 is 0 Å². The molecular formula is C20H16BrClN4S. The molecule has 4 rings (SSSR count). The number of pyridine rings is 2. The van der Waals surface area contributed by atoms with Crippen LogP contribution < -0.4 is 5.32 Å². The number of hydrogen-bond donors (Lipinski definition) is 1. The molecule has 0 spiro atoms. The van der Waals surface area contributed by atoms with E-state index in [1.54, 1.807) is 24.2 Å². The lowest BCUT2D eigenvalue weighted by Crippen LogP contribution is -2.44. The maximum absolute atomic E-state index is 5.97. The van der Waals surface area contributed by atoms with Gasteiger partial charge in [-0.3, -0.25) is 4.98 Å². The van der Waals surface area contributed by atoms with E-state index in [0.717, 1.165) is 26.6 Å². The molecule has 2 aromatic heterocycles. The quantitative estimate of drug-likeness (QED) is 0.577. The average Bonchev–Trinajstić information content (AvgIpc) is 3.02. The predicted octanol–water partition coefficient (Wildman–Crippen LogP) is 5.28. The molecule has 0 bridgehead atoms. The SMILES string of the molecule is CC1(c2ccc(Br)cc2)NC(c2ccccn2)=NC1Sc1ccc(Cl)cn1. The van der Waals surface area contributed by atoms with Gasteiger partial charge in [-0.15, -0.1) is 0 Å². The number of benzene rings is 1. The predicted molar refractivity (Wildman–Crippen MR) is 114 cm³/mol. The molecule has 27 heavy (non-hydrogen) atoms. The van der Waals surface area contributed by atoms with Crippen molar-refractivity contribution in [1.82, 2.24) is 15.3 Å². The van der Waals surface area contributed by atoms with Crippen molar-refractivity contribution in [3.63, 3.8) is 0 Å². The van der Waals surface area contributed by atoms with Gasteiger partial charge in [0.05, 0.1) is 15.6 Å². The van der Waals surface area contributed by atoms with Crippen LogP contribution in [0, 0.1) is 0 Å². The summed E-state index contributed by atoms with van der Waals surface area (Å²) in [4.78, 5) is 13.8. The van der Waals surface area contributed by atoms with E-state index < -0.39 is 5.54 Å². The first-order valence-corrected chi connectivity index (χ1v) is 10.4. The van der Waals surface area contributed by atoms with E-state index in [-0.39, 0.29) is 5.37 Å². The fourth-order valence-electron chi connectivity index (χ4n) is 2.92. The highest BCUT2D eigenvalue weighted by Gasteiger charge is 2.43. The number of nitrogens with one attached hydrogen (secondary N) is 1. The second-order valence-corrected chi connectivity index (χ2v) is 8.76. The molecule has 0 amide bonds. The Morgan fingerprint density at radius 3 is 2.56 bits per heavy atom. The van der Waals surface area contributed by atoms with Gasteiger partial charge in [-0.2, -0.15) is 0 Å². The van der Waals surface area contributed by atoms with Crippen molar-refractivity contribution in [1.29, 1.82) is 0 Å². The zero-order valence-electron chi connectivity index (χ0n) is 14.4. The third-order valence-corrected chi connectivity index (χ3v) is 6.44. The van der Waals surface area contributed by atoms with Crippen LogP contribution in [-0.4, -0.2) is 21.2 Å². The Hall–Kier alpha value is -1.89. The number of amidine groups is 1. The lowest BCUT2D eigenvalue weighted by molar-refractivity contribution is 0.455. The summed E-state index contributed by atoms with van der Waals surface area (Å²) in [6.07, 6.45) is 3.43. The average molecular weight is 460 g/mol. The van der Waals surface area contributed by atoms with Crippen molar-refractivity contribution >= 4 is 45.1 Å². The van der Waals surface area contributed by atoms with Crippen LogP contribution in [0.4, 0.5) is 0 Å². The third-order valence-electron chi connectivity index (χ3n) is 4.40. The van der Waals surface area contributed by atoms with Crippen molar-refractivity contribution in [3.8, 4) is 0 Å². The van der Waals surface area contributed by atoms with Crippen LogP contribution in [0.25, 0.3) is 0 Å². The first-order valence-electron chi connectivity index (χ1n) is 8.36. The van der Waals surface area contributed by atoms with E-state index in [4.69, 9.17) is 16.6 Å².